The number of ether oxygens (including phenoxy) is 2. The number of nitrogens with zero attached hydrogens (tertiary/aromatic N) is 8. The zero-order valence-electron chi connectivity index (χ0n) is 40.6. The van der Waals surface area contributed by atoms with Gasteiger partial charge in [0.2, 0.25) is 11.9 Å². The molecule has 1 aliphatic heterocycles. The normalized spacial score (nSPS) is 27.6. The molecule has 0 amide bonds. The smallest absolute Gasteiger partial charge is 0.225 e. The fourth-order valence-electron chi connectivity index (χ4n) is 11.5. The number of para-hydroxylation sites is 2. The molecular formula is C51H56N12O4S4. The molecular weight excluding hydrogens is 973 g/mol. The lowest BCUT2D eigenvalue weighted by Gasteiger charge is -2.34. The lowest BCUT2D eigenvalue weighted by molar-refractivity contribution is -0.178. The number of thiazole rings is 4. The van der Waals surface area contributed by atoms with E-state index in [-0.39, 0.29) is 29.9 Å². The van der Waals surface area contributed by atoms with E-state index in [0.29, 0.717) is 49.5 Å². The highest BCUT2D eigenvalue weighted by Crippen LogP contribution is 2.70. The standard InChI is InChI=1S/C51H56N12O4S4/c1-25-23-68-36(54-25)20-52-46-56-28(4)38(42(60-46)62-48(6)17-15-31(22-64)27(48)3)45-59-40-30(11-10-14-35(40)71-45)19-49(7)66-50(18-16-32-41(65)51(32,50)67-49)63-43-39(44-58-33-12-8-9-13-34(33)70-44)29(5)57-47(61-43)53-21-37-55-26(2)24-69-37/h8-14,23-24,27,31-32,41,64-65H,15-22H2,1-7H3,(H2,52,56,60,62)(H2,53,57,61,63). The summed E-state index contributed by atoms with van der Waals surface area (Å²) in [6.07, 6.45) is 2.76. The second-order valence-corrected chi connectivity index (χ2v) is 24.1. The Balaban J connectivity index is 0.881. The van der Waals surface area contributed by atoms with Crippen molar-refractivity contribution in [1.82, 2.24) is 39.9 Å². The van der Waals surface area contributed by atoms with Gasteiger partial charge in [-0.2, -0.15) is 9.97 Å². The van der Waals surface area contributed by atoms with Gasteiger partial charge >= 0.3 is 0 Å². The van der Waals surface area contributed by atoms with Crippen LogP contribution in [0.2, 0.25) is 0 Å². The first-order valence-corrected chi connectivity index (χ1v) is 27.6. The van der Waals surface area contributed by atoms with Crippen LogP contribution in [0.5, 0.6) is 0 Å². The average molecular weight is 1030 g/mol. The number of hydrogen-bond donors (Lipinski definition) is 6. The molecule has 0 radical (unpaired) electrons. The van der Waals surface area contributed by atoms with Crippen molar-refractivity contribution >= 4 is 89.3 Å². The van der Waals surface area contributed by atoms with Crippen molar-refractivity contribution in [3.05, 3.63) is 91.6 Å². The summed E-state index contributed by atoms with van der Waals surface area (Å²) >= 11 is 6.39. The van der Waals surface area contributed by atoms with Crippen LogP contribution < -0.4 is 21.3 Å². The molecule has 3 saturated carbocycles. The van der Waals surface area contributed by atoms with Crippen LogP contribution in [0, 0.1) is 45.4 Å². The lowest BCUT2D eigenvalue weighted by Crippen LogP contribution is -2.50. The first kappa shape index (κ1) is 46.7. The number of nitrogens with one attached hydrogen (secondary N) is 4. The molecule has 8 aromatic rings. The molecule has 16 nitrogen and oxygen atoms in total. The molecule has 71 heavy (non-hydrogen) atoms. The van der Waals surface area contributed by atoms with Crippen LogP contribution in [-0.2, 0) is 29.0 Å². The van der Waals surface area contributed by atoms with Gasteiger partial charge in [0.05, 0.1) is 62.1 Å². The second-order valence-electron chi connectivity index (χ2n) is 20.1. The Morgan fingerprint density at radius 3 is 1.96 bits per heavy atom. The fourth-order valence-corrected chi connectivity index (χ4v) is 15.1. The van der Waals surface area contributed by atoms with Crippen LogP contribution in [0.15, 0.2) is 53.2 Å². The third kappa shape index (κ3) is 8.05. The molecule has 0 bridgehead atoms. The van der Waals surface area contributed by atoms with E-state index in [1.807, 2.05) is 63.6 Å². The number of aliphatic hydroxyl groups excluding tert-OH is 2. The molecule has 6 N–H and O–H groups in total. The minimum atomic E-state index is -1.16. The summed E-state index contributed by atoms with van der Waals surface area (Å²) in [6.45, 7) is 15.5. The molecule has 4 fully saturated rings. The number of aromatic nitrogens is 8. The molecule has 2 aromatic carbocycles. The largest absolute Gasteiger partial charge is 0.396 e. The maximum Gasteiger partial charge on any atom is 0.225 e. The van der Waals surface area contributed by atoms with E-state index in [2.05, 4.69) is 69.3 Å². The number of hydrogen-bond acceptors (Lipinski definition) is 20. The summed E-state index contributed by atoms with van der Waals surface area (Å²) in [5.41, 5.74) is 5.37. The SMILES string of the molecule is Cc1csc(CNc2nc(C)c(-c3nc4ccccc4s3)c(NC34CCC5C(O)C53OC(C)(Cc3cccc5sc(-c6c(C)nc(NCc7nc(C)cs7)nc6NC6(C)CCC(CO)C6C)nc35)O4)n2)n1. The highest BCUT2D eigenvalue weighted by molar-refractivity contribution is 7.22. The predicted octanol–water partition coefficient (Wildman–Crippen LogP) is 10.0. The fraction of sp³-hybridized carbons (Fsp3) is 0.451. The Hall–Kier alpha value is -5.32. The molecule has 7 heterocycles. The number of aryl methyl sites for hydroxylation is 4. The Morgan fingerprint density at radius 1 is 0.704 bits per heavy atom. The van der Waals surface area contributed by atoms with Crippen molar-refractivity contribution < 1.29 is 19.7 Å². The van der Waals surface area contributed by atoms with Gasteiger partial charge in [-0.3, -0.25) is 0 Å². The minimum absolute atomic E-state index is 0.118. The van der Waals surface area contributed by atoms with E-state index in [1.165, 1.54) is 0 Å². The number of benzene rings is 2. The van der Waals surface area contributed by atoms with E-state index in [0.717, 1.165) is 99.2 Å². The third-order valence-corrected chi connectivity index (χ3v) is 19.3. The van der Waals surface area contributed by atoms with Crippen LogP contribution in [0.1, 0.15) is 84.8 Å². The maximum atomic E-state index is 11.8. The van der Waals surface area contributed by atoms with Crippen LogP contribution in [0.3, 0.4) is 0 Å². The van der Waals surface area contributed by atoms with Gasteiger partial charge in [0, 0.05) is 46.6 Å². The minimum Gasteiger partial charge on any atom is -0.396 e. The van der Waals surface area contributed by atoms with Gasteiger partial charge in [-0.1, -0.05) is 31.2 Å². The molecule has 20 heteroatoms. The van der Waals surface area contributed by atoms with E-state index in [4.69, 9.17) is 39.4 Å². The van der Waals surface area contributed by atoms with Crippen LogP contribution in [0.4, 0.5) is 23.5 Å². The monoisotopic (exact) mass is 1030 g/mol. The van der Waals surface area contributed by atoms with E-state index < -0.39 is 23.2 Å². The lowest BCUT2D eigenvalue weighted by atomic mass is 9.86. The molecule has 4 aliphatic rings. The van der Waals surface area contributed by atoms with E-state index in [9.17, 15) is 10.2 Å². The Morgan fingerprint density at radius 2 is 1.34 bits per heavy atom. The van der Waals surface area contributed by atoms with Gasteiger partial charge in [0.1, 0.15) is 31.7 Å². The highest BCUT2D eigenvalue weighted by atomic mass is 32.1. The summed E-state index contributed by atoms with van der Waals surface area (Å²) in [5, 5.41) is 44.1. The highest BCUT2D eigenvalue weighted by Gasteiger charge is 2.86. The number of aliphatic hydroxyl groups is 2. The van der Waals surface area contributed by atoms with E-state index in [1.54, 1.807) is 45.3 Å². The zero-order valence-corrected chi connectivity index (χ0v) is 43.9. The number of rotatable bonds is 15. The quantitative estimate of drug-likeness (QED) is 0.0564. The van der Waals surface area contributed by atoms with Crippen molar-refractivity contribution in [3.63, 3.8) is 0 Å². The molecule has 12 rings (SSSR count). The Labute approximate surface area is 427 Å². The molecule has 368 valence electrons. The van der Waals surface area contributed by atoms with Gasteiger partial charge in [-0.25, -0.2) is 29.9 Å². The molecule has 8 atom stereocenters. The van der Waals surface area contributed by atoms with Gasteiger partial charge in [-0.05, 0) is 103 Å². The number of anilines is 4. The van der Waals surface area contributed by atoms with Gasteiger partial charge < -0.3 is 41.0 Å². The average Bonchev–Trinajstić information content (AvgIpc) is 4.13. The van der Waals surface area contributed by atoms with Crippen LogP contribution >= 0.6 is 45.3 Å². The summed E-state index contributed by atoms with van der Waals surface area (Å²) in [4.78, 5) is 39.9. The van der Waals surface area contributed by atoms with Crippen LogP contribution in [0.25, 0.3) is 41.6 Å². The second kappa shape index (κ2) is 17.4. The van der Waals surface area contributed by atoms with Gasteiger partial charge in [0.15, 0.2) is 17.1 Å². The zero-order chi connectivity index (χ0) is 49.0. The van der Waals surface area contributed by atoms with Gasteiger partial charge in [-0.15, -0.1) is 45.3 Å². The Kier molecular flexibility index (Phi) is 11.5. The van der Waals surface area contributed by atoms with Crippen molar-refractivity contribution in [2.75, 3.05) is 27.9 Å². The molecule has 1 spiro atoms. The van der Waals surface area contributed by atoms with Crippen molar-refractivity contribution in [1.29, 1.82) is 0 Å². The summed E-state index contributed by atoms with van der Waals surface area (Å²) in [6, 6.07) is 14.3. The van der Waals surface area contributed by atoms with Crippen LogP contribution in [-0.4, -0.2) is 85.4 Å². The molecule has 3 aliphatic carbocycles. The predicted molar refractivity (Wildman–Crippen MR) is 282 cm³/mol. The van der Waals surface area contributed by atoms with E-state index >= 15 is 0 Å². The third-order valence-electron chi connectivity index (χ3n) is 15.2. The first-order valence-electron chi connectivity index (χ1n) is 24.2. The summed E-state index contributed by atoms with van der Waals surface area (Å²) < 4.78 is 16.5. The van der Waals surface area contributed by atoms with Crippen molar-refractivity contribution in [3.8, 4) is 21.1 Å². The van der Waals surface area contributed by atoms with Crippen molar-refractivity contribution in [2.24, 2.45) is 17.8 Å². The summed E-state index contributed by atoms with van der Waals surface area (Å²) in [5.74, 6) is 1.34. The van der Waals surface area contributed by atoms with Crippen molar-refractivity contribution in [2.45, 2.75) is 122 Å². The topological polar surface area (TPSA) is 210 Å². The molecule has 1 saturated heterocycles. The molecule has 6 aromatic heterocycles. The summed E-state index contributed by atoms with van der Waals surface area (Å²) in [7, 11) is 0. The first-order chi connectivity index (χ1) is 34.1. The molecule has 8 unspecified atom stereocenters. The number of fused-ring (bicyclic) bond motifs is 2. The Bertz CT molecular complexity index is 3330. The maximum absolute atomic E-state index is 11.8. The van der Waals surface area contributed by atoms with Gasteiger partial charge in [0.25, 0.3) is 0 Å².